The summed E-state index contributed by atoms with van der Waals surface area (Å²) < 4.78 is 0. The van der Waals surface area contributed by atoms with Gasteiger partial charge in [-0.25, -0.2) is 0 Å². The van der Waals surface area contributed by atoms with E-state index in [2.05, 4.69) is 0 Å². The van der Waals surface area contributed by atoms with Crippen molar-refractivity contribution in [1.29, 1.82) is 0 Å². The maximum absolute atomic E-state index is 5.75. The molecule has 0 aliphatic heterocycles. The zero-order valence-corrected chi connectivity index (χ0v) is 7.82. The summed E-state index contributed by atoms with van der Waals surface area (Å²) in [7, 11) is 0. The van der Waals surface area contributed by atoms with Gasteiger partial charge in [0, 0.05) is 17.0 Å². The molecule has 0 saturated carbocycles. The molecular weight excluding hydrogens is 170 g/mol. The summed E-state index contributed by atoms with van der Waals surface area (Å²) in [5, 5.41) is 0. The highest BCUT2D eigenvalue weighted by Crippen LogP contribution is 2.29. The maximum atomic E-state index is 5.75. The minimum absolute atomic E-state index is 0.438. The molecule has 0 atom stereocenters. The second-order valence-corrected chi connectivity index (χ2v) is 3.30. The van der Waals surface area contributed by atoms with Crippen LogP contribution in [0.2, 0.25) is 0 Å². The summed E-state index contributed by atoms with van der Waals surface area (Å²) in [5.74, 6) is 0. The van der Waals surface area contributed by atoms with Crippen molar-refractivity contribution in [3.8, 4) is 0 Å². The molecule has 3 nitrogen and oxygen atoms in total. The third-order valence-electron chi connectivity index (χ3n) is 1.77. The average molecular weight is 183 g/mol. The summed E-state index contributed by atoms with van der Waals surface area (Å²) >= 11 is 1.63. The molecule has 0 fully saturated rings. The number of benzene rings is 1. The third kappa shape index (κ3) is 1.49. The van der Waals surface area contributed by atoms with E-state index in [-0.39, 0.29) is 0 Å². The topological polar surface area (TPSA) is 78.1 Å². The first-order valence-corrected chi connectivity index (χ1v) is 4.84. The Kier molecular flexibility index (Phi) is 2.83. The number of hydrogen-bond donors (Lipinski definition) is 3. The molecule has 0 saturated heterocycles. The normalized spacial score (nSPS) is 10.2. The first kappa shape index (κ1) is 9.22. The predicted octanol–water partition coefficient (Wildman–Crippen LogP) is 1.03. The van der Waals surface area contributed by atoms with Crippen molar-refractivity contribution >= 4 is 23.1 Å². The SMILES string of the molecule is CSc1ccc(N)c(N)c1CN. The number of thioether (sulfide) groups is 1. The van der Waals surface area contributed by atoms with E-state index in [1.807, 2.05) is 12.3 Å². The molecule has 0 aliphatic carbocycles. The molecule has 12 heavy (non-hydrogen) atoms. The highest BCUT2D eigenvalue weighted by atomic mass is 32.2. The molecule has 4 heteroatoms. The lowest BCUT2D eigenvalue weighted by Gasteiger charge is -2.10. The minimum Gasteiger partial charge on any atom is -0.397 e. The molecule has 1 rings (SSSR count). The van der Waals surface area contributed by atoms with E-state index in [0.717, 1.165) is 10.5 Å². The van der Waals surface area contributed by atoms with Crippen LogP contribution in [0, 0.1) is 0 Å². The van der Waals surface area contributed by atoms with Crippen LogP contribution in [0.5, 0.6) is 0 Å². The molecule has 0 heterocycles. The van der Waals surface area contributed by atoms with E-state index >= 15 is 0 Å². The van der Waals surface area contributed by atoms with Gasteiger partial charge in [-0.1, -0.05) is 0 Å². The third-order valence-corrected chi connectivity index (χ3v) is 2.59. The molecule has 1 aromatic carbocycles. The van der Waals surface area contributed by atoms with E-state index in [0.29, 0.717) is 17.9 Å². The molecule has 0 radical (unpaired) electrons. The van der Waals surface area contributed by atoms with Crippen molar-refractivity contribution in [1.82, 2.24) is 0 Å². The Bertz CT molecular complexity index is 286. The van der Waals surface area contributed by atoms with Crippen LogP contribution in [0.25, 0.3) is 0 Å². The summed E-state index contributed by atoms with van der Waals surface area (Å²) in [4.78, 5) is 1.10. The van der Waals surface area contributed by atoms with Gasteiger partial charge < -0.3 is 17.2 Å². The Morgan fingerprint density at radius 1 is 1.33 bits per heavy atom. The first-order chi connectivity index (χ1) is 5.70. The Hall–Kier alpha value is -0.870. The molecule has 0 amide bonds. The number of anilines is 2. The van der Waals surface area contributed by atoms with Gasteiger partial charge in [0.2, 0.25) is 0 Å². The molecule has 1 aromatic rings. The van der Waals surface area contributed by atoms with Crippen LogP contribution in [0.1, 0.15) is 5.56 Å². The second kappa shape index (κ2) is 3.69. The molecular formula is C8H13N3S. The van der Waals surface area contributed by atoms with Gasteiger partial charge in [-0.05, 0) is 18.4 Å². The first-order valence-electron chi connectivity index (χ1n) is 3.61. The van der Waals surface area contributed by atoms with Crippen molar-refractivity contribution in [3.63, 3.8) is 0 Å². The van der Waals surface area contributed by atoms with Crippen LogP contribution in [0.3, 0.4) is 0 Å². The Morgan fingerprint density at radius 2 is 2.00 bits per heavy atom. The molecule has 0 aromatic heterocycles. The number of rotatable bonds is 2. The smallest absolute Gasteiger partial charge is 0.0604 e. The van der Waals surface area contributed by atoms with Crippen LogP contribution < -0.4 is 17.2 Å². The number of nitrogens with two attached hydrogens (primary N) is 3. The summed E-state index contributed by atoms with van der Waals surface area (Å²) in [6.07, 6.45) is 1.99. The summed E-state index contributed by atoms with van der Waals surface area (Å²) in [6.45, 7) is 0.438. The van der Waals surface area contributed by atoms with Crippen molar-refractivity contribution in [2.75, 3.05) is 17.7 Å². The quantitative estimate of drug-likeness (QED) is 0.472. The van der Waals surface area contributed by atoms with Gasteiger partial charge in [0.05, 0.1) is 11.4 Å². The highest BCUT2D eigenvalue weighted by Gasteiger charge is 2.05. The molecule has 0 aliphatic rings. The van der Waals surface area contributed by atoms with Crippen LogP contribution >= 0.6 is 11.8 Å². The fourth-order valence-corrected chi connectivity index (χ4v) is 1.71. The fourth-order valence-electron chi connectivity index (χ4n) is 1.06. The summed E-state index contributed by atoms with van der Waals surface area (Å²) in [5.41, 5.74) is 19.1. The van der Waals surface area contributed by atoms with Gasteiger partial charge in [0.15, 0.2) is 0 Å². The minimum atomic E-state index is 0.438. The van der Waals surface area contributed by atoms with E-state index in [9.17, 15) is 0 Å². The Morgan fingerprint density at radius 3 is 2.50 bits per heavy atom. The van der Waals surface area contributed by atoms with Crippen molar-refractivity contribution in [2.24, 2.45) is 5.73 Å². The zero-order chi connectivity index (χ0) is 9.14. The van der Waals surface area contributed by atoms with Gasteiger partial charge in [0.1, 0.15) is 0 Å². The van der Waals surface area contributed by atoms with Crippen LogP contribution in [0.15, 0.2) is 17.0 Å². The van der Waals surface area contributed by atoms with Gasteiger partial charge in [-0.2, -0.15) is 0 Å². The monoisotopic (exact) mass is 183 g/mol. The van der Waals surface area contributed by atoms with E-state index in [1.165, 1.54) is 0 Å². The fraction of sp³-hybridized carbons (Fsp3) is 0.250. The van der Waals surface area contributed by atoms with Crippen LogP contribution in [-0.2, 0) is 6.54 Å². The van der Waals surface area contributed by atoms with Crippen molar-refractivity contribution < 1.29 is 0 Å². The van der Waals surface area contributed by atoms with Crippen molar-refractivity contribution in [3.05, 3.63) is 17.7 Å². The maximum Gasteiger partial charge on any atom is 0.0604 e. The molecule has 66 valence electrons. The number of hydrogen-bond acceptors (Lipinski definition) is 4. The Balaban J connectivity index is 3.25. The summed E-state index contributed by atoms with van der Waals surface area (Å²) in [6, 6.07) is 3.75. The second-order valence-electron chi connectivity index (χ2n) is 2.45. The van der Waals surface area contributed by atoms with E-state index in [4.69, 9.17) is 17.2 Å². The van der Waals surface area contributed by atoms with Gasteiger partial charge >= 0.3 is 0 Å². The van der Waals surface area contributed by atoms with Gasteiger partial charge in [-0.15, -0.1) is 11.8 Å². The average Bonchev–Trinajstić information content (AvgIpc) is 2.09. The lowest BCUT2D eigenvalue weighted by Crippen LogP contribution is -2.06. The largest absolute Gasteiger partial charge is 0.397 e. The van der Waals surface area contributed by atoms with Gasteiger partial charge in [-0.3, -0.25) is 0 Å². The zero-order valence-electron chi connectivity index (χ0n) is 7.00. The molecule has 0 spiro atoms. The van der Waals surface area contributed by atoms with Crippen LogP contribution in [0.4, 0.5) is 11.4 Å². The van der Waals surface area contributed by atoms with Crippen LogP contribution in [-0.4, -0.2) is 6.26 Å². The Labute approximate surface area is 76.3 Å². The molecule has 0 bridgehead atoms. The predicted molar refractivity (Wildman–Crippen MR) is 54.9 cm³/mol. The molecule has 0 unspecified atom stereocenters. The van der Waals surface area contributed by atoms with E-state index < -0.39 is 0 Å². The van der Waals surface area contributed by atoms with Crippen molar-refractivity contribution in [2.45, 2.75) is 11.4 Å². The highest BCUT2D eigenvalue weighted by molar-refractivity contribution is 7.98. The lowest BCUT2D eigenvalue weighted by molar-refractivity contribution is 1.03. The molecule has 6 N–H and O–H groups in total. The lowest BCUT2D eigenvalue weighted by atomic mass is 10.1. The number of nitrogen functional groups attached to an aromatic ring is 2. The van der Waals surface area contributed by atoms with E-state index in [1.54, 1.807) is 17.8 Å². The van der Waals surface area contributed by atoms with Gasteiger partial charge in [0.25, 0.3) is 0 Å². The standard InChI is InChI=1S/C8H13N3S/c1-12-7-3-2-6(10)8(11)5(7)4-9/h2-3H,4,9-11H2,1H3.